The quantitative estimate of drug-likeness (QED) is 0.484. The van der Waals surface area contributed by atoms with Crippen molar-refractivity contribution in [2.75, 3.05) is 31.1 Å². The summed E-state index contributed by atoms with van der Waals surface area (Å²) in [5.74, 6) is 0.786. The number of piperazine rings is 1. The van der Waals surface area contributed by atoms with Gasteiger partial charge in [0.05, 0.1) is 0 Å². The lowest BCUT2D eigenvalue weighted by molar-refractivity contribution is 0.0746. The number of fused-ring (bicyclic) bond motifs is 1. The maximum atomic E-state index is 13.1. The molecule has 0 radical (unpaired) electrons. The second kappa shape index (κ2) is 8.04. The maximum Gasteiger partial charge on any atom is 0.254 e. The summed E-state index contributed by atoms with van der Waals surface area (Å²) in [7, 11) is 0. The largest absolute Gasteiger partial charge is 0.368 e. The number of halogens is 1. The predicted octanol–water partition coefficient (Wildman–Crippen LogP) is 4.32. The van der Waals surface area contributed by atoms with E-state index in [1.54, 1.807) is 0 Å². The molecule has 1 aliphatic heterocycles. The normalized spacial score (nSPS) is 14.3. The first-order chi connectivity index (χ1) is 15.1. The summed E-state index contributed by atoms with van der Waals surface area (Å²) in [6.45, 7) is 4.97. The van der Waals surface area contributed by atoms with E-state index in [-0.39, 0.29) is 5.91 Å². The molecule has 2 aromatic carbocycles. The summed E-state index contributed by atoms with van der Waals surface area (Å²) in [5, 5.41) is 9.31. The second-order valence-electron chi connectivity index (χ2n) is 7.74. The number of hydrogen-bond donors (Lipinski definition) is 0. The van der Waals surface area contributed by atoms with Gasteiger partial charge in [-0.05, 0) is 36.8 Å². The molecule has 7 heteroatoms. The first kappa shape index (κ1) is 19.6. The molecule has 1 saturated heterocycles. The molecule has 0 bridgehead atoms. The number of anilines is 1. The fraction of sp³-hybridized carbons (Fsp3) is 0.208. The molecule has 2 aromatic heterocycles. The molecular weight excluding hydrogens is 410 g/mol. The third kappa shape index (κ3) is 3.75. The minimum atomic E-state index is 0.0224. The Kier molecular flexibility index (Phi) is 5.08. The molecule has 4 aromatic rings. The van der Waals surface area contributed by atoms with Gasteiger partial charge in [-0.1, -0.05) is 48.0 Å². The van der Waals surface area contributed by atoms with E-state index in [1.165, 1.54) is 5.56 Å². The van der Waals surface area contributed by atoms with Crippen LogP contribution in [0.25, 0.3) is 17.0 Å². The van der Waals surface area contributed by atoms with E-state index in [0.717, 1.165) is 35.2 Å². The SMILES string of the molecule is Cc1ccc(Cl)cc1N1CCN(C(=O)c2ccn3c(-c4ccccc4)nnc3c2)CC1. The van der Waals surface area contributed by atoms with E-state index in [4.69, 9.17) is 11.6 Å². The van der Waals surface area contributed by atoms with E-state index in [9.17, 15) is 4.79 Å². The molecule has 0 atom stereocenters. The zero-order valence-electron chi connectivity index (χ0n) is 17.2. The number of aryl methyl sites for hydroxylation is 1. The Balaban J connectivity index is 1.32. The monoisotopic (exact) mass is 431 g/mol. The zero-order valence-corrected chi connectivity index (χ0v) is 18.0. The van der Waals surface area contributed by atoms with Crippen molar-refractivity contribution in [1.29, 1.82) is 0 Å². The van der Waals surface area contributed by atoms with Crippen LogP contribution in [-0.2, 0) is 0 Å². The fourth-order valence-corrected chi connectivity index (χ4v) is 4.23. The van der Waals surface area contributed by atoms with Crippen LogP contribution in [-0.4, -0.2) is 51.6 Å². The predicted molar refractivity (Wildman–Crippen MR) is 123 cm³/mol. The highest BCUT2D eigenvalue weighted by Crippen LogP contribution is 2.26. The van der Waals surface area contributed by atoms with Crippen LogP contribution in [0.1, 0.15) is 15.9 Å². The summed E-state index contributed by atoms with van der Waals surface area (Å²) >= 11 is 6.18. The molecule has 1 fully saturated rings. The van der Waals surface area contributed by atoms with Gasteiger partial charge in [-0.25, -0.2) is 0 Å². The van der Waals surface area contributed by atoms with E-state index in [0.29, 0.717) is 24.3 Å². The smallest absolute Gasteiger partial charge is 0.254 e. The molecule has 1 amide bonds. The van der Waals surface area contributed by atoms with Crippen LogP contribution in [0.15, 0.2) is 66.9 Å². The highest BCUT2D eigenvalue weighted by Gasteiger charge is 2.24. The van der Waals surface area contributed by atoms with Crippen molar-refractivity contribution in [2.45, 2.75) is 6.92 Å². The van der Waals surface area contributed by atoms with E-state index < -0.39 is 0 Å². The summed E-state index contributed by atoms with van der Waals surface area (Å²) in [6, 6.07) is 19.5. The molecule has 156 valence electrons. The number of aromatic nitrogens is 3. The fourth-order valence-electron chi connectivity index (χ4n) is 4.06. The van der Waals surface area contributed by atoms with Gasteiger partial charge in [-0.3, -0.25) is 9.20 Å². The summed E-state index contributed by atoms with van der Waals surface area (Å²) in [5.41, 5.74) is 4.61. The van der Waals surface area contributed by atoms with Crippen LogP contribution < -0.4 is 4.90 Å². The van der Waals surface area contributed by atoms with Gasteiger partial charge in [0, 0.05) is 54.2 Å². The Bertz CT molecular complexity index is 1250. The van der Waals surface area contributed by atoms with Gasteiger partial charge in [0.25, 0.3) is 5.91 Å². The Morgan fingerprint density at radius 3 is 2.48 bits per heavy atom. The van der Waals surface area contributed by atoms with Crippen molar-refractivity contribution in [2.24, 2.45) is 0 Å². The lowest BCUT2D eigenvalue weighted by atomic mass is 10.1. The number of carbonyl (C=O) groups is 1. The molecule has 31 heavy (non-hydrogen) atoms. The van der Waals surface area contributed by atoms with Gasteiger partial charge in [-0.15, -0.1) is 10.2 Å². The van der Waals surface area contributed by atoms with E-state index >= 15 is 0 Å². The van der Waals surface area contributed by atoms with Crippen LogP contribution in [0.5, 0.6) is 0 Å². The van der Waals surface area contributed by atoms with Crippen LogP contribution in [0.3, 0.4) is 0 Å². The van der Waals surface area contributed by atoms with Gasteiger partial charge >= 0.3 is 0 Å². The molecule has 0 unspecified atom stereocenters. The first-order valence-electron chi connectivity index (χ1n) is 10.3. The third-order valence-electron chi connectivity index (χ3n) is 5.77. The molecule has 0 N–H and O–H groups in total. The Hall–Kier alpha value is -3.38. The van der Waals surface area contributed by atoms with Gasteiger partial charge in [0.1, 0.15) is 0 Å². The highest BCUT2D eigenvalue weighted by atomic mass is 35.5. The first-order valence-corrected chi connectivity index (χ1v) is 10.7. The summed E-state index contributed by atoms with van der Waals surface area (Å²) in [6.07, 6.45) is 1.87. The molecule has 0 aliphatic carbocycles. The van der Waals surface area contributed by atoms with Gasteiger partial charge in [0.2, 0.25) is 0 Å². The zero-order chi connectivity index (χ0) is 21.4. The van der Waals surface area contributed by atoms with Crippen LogP contribution >= 0.6 is 11.6 Å². The molecule has 5 rings (SSSR count). The molecule has 0 spiro atoms. The number of rotatable bonds is 3. The molecule has 6 nitrogen and oxygen atoms in total. The van der Waals surface area contributed by atoms with Crippen molar-refractivity contribution < 1.29 is 4.79 Å². The lowest BCUT2D eigenvalue weighted by Crippen LogP contribution is -2.49. The molecule has 3 heterocycles. The van der Waals surface area contributed by atoms with Crippen molar-refractivity contribution in [1.82, 2.24) is 19.5 Å². The number of hydrogen-bond acceptors (Lipinski definition) is 4. The molecular formula is C24H22ClN5O. The Labute approximate surface area is 185 Å². The van der Waals surface area contributed by atoms with E-state index in [1.807, 2.05) is 76.2 Å². The average molecular weight is 432 g/mol. The Morgan fingerprint density at radius 2 is 1.71 bits per heavy atom. The summed E-state index contributed by atoms with van der Waals surface area (Å²) < 4.78 is 1.91. The highest BCUT2D eigenvalue weighted by molar-refractivity contribution is 6.30. The van der Waals surface area contributed by atoms with Crippen molar-refractivity contribution in [3.05, 3.63) is 83.0 Å². The third-order valence-corrected chi connectivity index (χ3v) is 6.00. The van der Waals surface area contributed by atoms with Crippen LogP contribution in [0.4, 0.5) is 5.69 Å². The van der Waals surface area contributed by atoms with E-state index in [2.05, 4.69) is 22.0 Å². The van der Waals surface area contributed by atoms with Crippen LogP contribution in [0.2, 0.25) is 5.02 Å². The van der Waals surface area contributed by atoms with Crippen LogP contribution in [0, 0.1) is 6.92 Å². The number of pyridine rings is 1. The molecule has 0 saturated carbocycles. The number of amides is 1. The van der Waals surface area contributed by atoms with Crippen molar-refractivity contribution in [3.63, 3.8) is 0 Å². The molecule has 1 aliphatic rings. The topological polar surface area (TPSA) is 53.7 Å². The number of carbonyl (C=O) groups excluding carboxylic acids is 1. The van der Waals surface area contributed by atoms with Gasteiger partial charge < -0.3 is 9.80 Å². The summed E-state index contributed by atoms with van der Waals surface area (Å²) in [4.78, 5) is 17.3. The minimum absolute atomic E-state index is 0.0224. The maximum absolute atomic E-state index is 13.1. The average Bonchev–Trinajstić information content (AvgIpc) is 3.24. The lowest BCUT2D eigenvalue weighted by Gasteiger charge is -2.37. The minimum Gasteiger partial charge on any atom is -0.368 e. The van der Waals surface area contributed by atoms with Gasteiger partial charge in [-0.2, -0.15) is 0 Å². The Morgan fingerprint density at radius 1 is 0.935 bits per heavy atom. The van der Waals surface area contributed by atoms with Crippen molar-refractivity contribution >= 4 is 28.8 Å². The standard InChI is InChI=1S/C24H22ClN5O/c1-17-7-8-20(25)16-21(17)28-11-13-29(14-12-28)24(31)19-9-10-30-22(15-19)26-27-23(30)18-5-3-2-4-6-18/h2-10,15-16H,11-14H2,1H3. The second-order valence-corrected chi connectivity index (χ2v) is 8.18. The van der Waals surface area contributed by atoms with Gasteiger partial charge in [0.15, 0.2) is 11.5 Å². The number of benzene rings is 2. The number of nitrogens with zero attached hydrogens (tertiary/aromatic N) is 5. The van der Waals surface area contributed by atoms with Crippen molar-refractivity contribution in [3.8, 4) is 11.4 Å².